The lowest BCUT2D eigenvalue weighted by molar-refractivity contribution is -0.131. The van der Waals surface area contributed by atoms with E-state index in [4.69, 9.17) is 9.84 Å². The molecule has 0 atom stereocenters. The normalized spacial score (nSPS) is 13.0. The fourth-order valence-electron chi connectivity index (χ4n) is 2.55. The lowest BCUT2D eigenvalue weighted by Crippen LogP contribution is -2.00. The molecule has 3 nitrogen and oxygen atoms in total. The van der Waals surface area contributed by atoms with Crippen LogP contribution in [0.25, 0.3) is 6.08 Å². The Bertz CT molecular complexity index is 762. The van der Waals surface area contributed by atoms with Crippen molar-refractivity contribution in [2.75, 3.05) is 6.61 Å². The van der Waals surface area contributed by atoms with E-state index in [1.54, 1.807) is 13.0 Å². The van der Waals surface area contributed by atoms with E-state index in [0.29, 0.717) is 5.57 Å². The van der Waals surface area contributed by atoms with E-state index in [9.17, 15) is 4.79 Å². The molecule has 0 spiro atoms. The average molecular weight is 354 g/mol. The minimum atomic E-state index is -0.930. The van der Waals surface area contributed by atoms with Crippen LogP contribution in [0.2, 0.25) is 0 Å². The molecule has 0 saturated heterocycles. The highest BCUT2D eigenvalue weighted by Gasteiger charge is 2.09. The highest BCUT2D eigenvalue weighted by molar-refractivity contribution is 5.81. The topological polar surface area (TPSA) is 46.5 Å². The largest absolute Gasteiger partial charge is 0.493 e. The summed E-state index contributed by atoms with van der Waals surface area (Å²) in [6, 6.07) is 2.11. The molecule has 140 valence electrons. The van der Waals surface area contributed by atoms with Gasteiger partial charge in [-0.15, -0.1) is 0 Å². The number of carboxylic acid groups (broad SMARTS) is 1. The molecule has 1 aromatic rings. The van der Waals surface area contributed by atoms with E-state index in [1.807, 2.05) is 19.1 Å². The van der Waals surface area contributed by atoms with E-state index in [-0.39, 0.29) is 0 Å². The molecule has 0 aromatic heterocycles. The molecule has 0 fully saturated rings. The first kappa shape index (κ1) is 21.5. The first-order chi connectivity index (χ1) is 12.3. The molecule has 26 heavy (non-hydrogen) atoms. The number of allylic oxidation sites excluding steroid dienone is 6. The minimum absolute atomic E-state index is 0.704. The van der Waals surface area contributed by atoms with Crippen molar-refractivity contribution in [1.29, 1.82) is 0 Å². The maximum absolute atomic E-state index is 10.6. The van der Waals surface area contributed by atoms with Gasteiger partial charge in [0.1, 0.15) is 5.75 Å². The Labute approximate surface area is 157 Å². The standard InChI is InChI=1S/C23H30O3/c1-7-13-26-22-15-18(4)21(19(5)20(22)6)12-11-16(2)9-8-10-17(3)14-23(24)25/h8-12,14-15H,7,13H2,1-6H3,(H,24,25). The van der Waals surface area contributed by atoms with Crippen LogP contribution in [-0.2, 0) is 4.79 Å². The molecule has 0 aliphatic heterocycles. The molecule has 0 radical (unpaired) electrons. The Kier molecular flexibility index (Phi) is 8.63. The molecule has 0 aliphatic carbocycles. The summed E-state index contributed by atoms with van der Waals surface area (Å²) in [6.07, 6.45) is 12.0. The monoisotopic (exact) mass is 354 g/mol. The number of aryl methyl sites for hydroxylation is 1. The van der Waals surface area contributed by atoms with Crippen LogP contribution in [-0.4, -0.2) is 17.7 Å². The summed E-state index contributed by atoms with van der Waals surface area (Å²) >= 11 is 0. The lowest BCUT2D eigenvalue weighted by Gasteiger charge is -2.15. The molecule has 3 heteroatoms. The summed E-state index contributed by atoms with van der Waals surface area (Å²) in [5, 5.41) is 8.70. The predicted molar refractivity (Wildman–Crippen MR) is 110 cm³/mol. The maximum Gasteiger partial charge on any atom is 0.328 e. The van der Waals surface area contributed by atoms with Gasteiger partial charge >= 0.3 is 5.97 Å². The van der Waals surface area contributed by atoms with Crippen LogP contribution in [0.3, 0.4) is 0 Å². The van der Waals surface area contributed by atoms with E-state index in [0.717, 1.165) is 24.4 Å². The summed E-state index contributed by atoms with van der Waals surface area (Å²) in [5.41, 5.74) is 6.61. The van der Waals surface area contributed by atoms with Gasteiger partial charge < -0.3 is 9.84 Å². The Balaban J connectivity index is 2.97. The summed E-state index contributed by atoms with van der Waals surface area (Å²) in [7, 11) is 0. The molecule has 0 saturated carbocycles. The van der Waals surface area contributed by atoms with Crippen molar-refractivity contribution in [1.82, 2.24) is 0 Å². The zero-order chi connectivity index (χ0) is 19.7. The molecular weight excluding hydrogens is 324 g/mol. The molecule has 1 rings (SSSR count). The fourth-order valence-corrected chi connectivity index (χ4v) is 2.55. The van der Waals surface area contributed by atoms with Gasteiger partial charge in [0.05, 0.1) is 6.61 Å². The molecule has 1 aromatic carbocycles. The highest BCUT2D eigenvalue weighted by Crippen LogP contribution is 2.29. The number of carbonyl (C=O) groups is 1. The summed E-state index contributed by atoms with van der Waals surface area (Å²) < 4.78 is 5.84. The smallest absolute Gasteiger partial charge is 0.328 e. The van der Waals surface area contributed by atoms with Gasteiger partial charge in [0, 0.05) is 6.08 Å². The Hall–Kier alpha value is -2.55. The van der Waals surface area contributed by atoms with Crippen molar-refractivity contribution in [2.24, 2.45) is 0 Å². The van der Waals surface area contributed by atoms with E-state index in [2.05, 4.69) is 45.9 Å². The Morgan fingerprint density at radius 3 is 2.42 bits per heavy atom. The van der Waals surface area contributed by atoms with Gasteiger partial charge in [-0.3, -0.25) is 0 Å². The number of hydrogen-bond donors (Lipinski definition) is 1. The van der Waals surface area contributed by atoms with Crippen LogP contribution in [0.1, 0.15) is 49.4 Å². The van der Waals surface area contributed by atoms with Gasteiger partial charge in [0.2, 0.25) is 0 Å². The minimum Gasteiger partial charge on any atom is -0.493 e. The molecule has 0 heterocycles. The van der Waals surface area contributed by atoms with Crippen LogP contribution in [0, 0.1) is 20.8 Å². The van der Waals surface area contributed by atoms with Gasteiger partial charge in [-0.25, -0.2) is 4.79 Å². The van der Waals surface area contributed by atoms with Crippen molar-refractivity contribution in [2.45, 2.75) is 48.0 Å². The molecule has 0 bridgehead atoms. The van der Waals surface area contributed by atoms with Crippen molar-refractivity contribution < 1.29 is 14.6 Å². The second-order valence-electron chi connectivity index (χ2n) is 6.53. The number of benzene rings is 1. The van der Waals surface area contributed by atoms with Crippen LogP contribution in [0.5, 0.6) is 5.75 Å². The van der Waals surface area contributed by atoms with Gasteiger partial charge in [-0.2, -0.15) is 0 Å². The maximum atomic E-state index is 10.6. The van der Waals surface area contributed by atoms with Crippen molar-refractivity contribution in [3.8, 4) is 5.75 Å². The van der Waals surface area contributed by atoms with Gasteiger partial charge in [-0.05, 0) is 74.9 Å². The molecule has 0 aliphatic rings. The Morgan fingerprint density at radius 2 is 1.81 bits per heavy atom. The Morgan fingerprint density at radius 1 is 1.12 bits per heavy atom. The molecule has 0 unspecified atom stereocenters. The van der Waals surface area contributed by atoms with Crippen molar-refractivity contribution in [3.05, 3.63) is 69.8 Å². The van der Waals surface area contributed by atoms with Gasteiger partial charge in [0.25, 0.3) is 0 Å². The first-order valence-corrected chi connectivity index (χ1v) is 8.94. The summed E-state index contributed by atoms with van der Waals surface area (Å²) in [4.78, 5) is 10.6. The zero-order valence-corrected chi connectivity index (χ0v) is 16.7. The number of ether oxygens (including phenoxy) is 1. The molecular formula is C23H30O3. The fraction of sp³-hybridized carbons (Fsp3) is 0.348. The second-order valence-corrected chi connectivity index (χ2v) is 6.53. The van der Waals surface area contributed by atoms with Crippen LogP contribution >= 0.6 is 0 Å². The van der Waals surface area contributed by atoms with Crippen molar-refractivity contribution in [3.63, 3.8) is 0 Å². The second kappa shape index (κ2) is 10.4. The van der Waals surface area contributed by atoms with Crippen LogP contribution < -0.4 is 4.74 Å². The van der Waals surface area contributed by atoms with Gasteiger partial charge in [-0.1, -0.05) is 42.9 Å². The predicted octanol–water partition coefficient (Wildman–Crippen LogP) is 5.95. The van der Waals surface area contributed by atoms with E-state index >= 15 is 0 Å². The zero-order valence-electron chi connectivity index (χ0n) is 16.7. The third-order valence-electron chi connectivity index (χ3n) is 4.15. The van der Waals surface area contributed by atoms with Gasteiger partial charge in [0.15, 0.2) is 0 Å². The summed E-state index contributed by atoms with van der Waals surface area (Å²) in [6.45, 7) is 13.0. The number of hydrogen-bond acceptors (Lipinski definition) is 2. The first-order valence-electron chi connectivity index (χ1n) is 8.94. The highest BCUT2D eigenvalue weighted by atomic mass is 16.5. The molecule has 0 amide bonds. The number of carboxylic acids is 1. The number of rotatable bonds is 8. The third kappa shape index (κ3) is 6.75. The van der Waals surface area contributed by atoms with Crippen LogP contribution in [0.15, 0.2) is 47.6 Å². The SMILES string of the molecule is CCCOc1cc(C)c(C=CC(C)=CC=CC(C)=CC(=O)O)c(C)c1C. The molecule has 1 N–H and O–H groups in total. The lowest BCUT2D eigenvalue weighted by atomic mass is 9.96. The average Bonchev–Trinajstić information content (AvgIpc) is 2.56. The summed E-state index contributed by atoms with van der Waals surface area (Å²) in [5.74, 6) is 0.0373. The van der Waals surface area contributed by atoms with Crippen molar-refractivity contribution >= 4 is 12.0 Å². The van der Waals surface area contributed by atoms with E-state index in [1.165, 1.54) is 28.3 Å². The van der Waals surface area contributed by atoms with Crippen LogP contribution in [0.4, 0.5) is 0 Å². The van der Waals surface area contributed by atoms with E-state index < -0.39 is 5.97 Å². The third-order valence-corrected chi connectivity index (χ3v) is 4.15. The number of aliphatic carboxylic acids is 1. The quantitative estimate of drug-likeness (QED) is 0.464.